The number of allylic oxidation sites excluding steroid dienone is 5. The predicted octanol–water partition coefficient (Wildman–Crippen LogP) is 2.94. The normalized spacial score (nSPS) is 14.6. The van der Waals surface area contributed by atoms with Gasteiger partial charge in [-0.3, -0.25) is 9.69 Å². The number of alkyl carbamates (subject to hydrolysis) is 1. The smallest absolute Gasteiger partial charge is 0.443 e. The Morgan fingerprint density at radius 1 is 1.21 bits per heavy atom. The van der Waals surface area contributed by atoms with Gasteiger partial charge >= 0.3 is 13.2 Å². The van der Waals surface area contributed by atoms with Gasteiger partial charge in [0, 0.05) is 6.20 Å². The van der Waals surface area contributed by atoms with Crippen molar-refractivity contribution in [1.82, 2.24) is 10.2 Å². The molecule has 0 bridgehead atoms. The number of carbonyl (C=O) groups is 2. The lowest BCUT2D eigenvalue weighted by molar-refractivity contribution is -0.123. The van der Waals surface area contributed by atoms with Crippen LogP contribution >= 0.6 is 0 Å². The van der Waals surface area contributed by atoms with Crippen LogP contribution in [0.2, 0.25) is 0 Å². The van der Waals surface area contributed by atoms with Crippen LogP contribution in [0.3, 0.4) is 0 Å². The second kappa shape index (κ2) is 12.0. The number of nitriles is 1. The molecule has 34 heavy (non-hydrogen) atoms. The standard InChI is InChI=1S/C25H30BN3O5/c1-18-9-11-19(12-10-18)14-22(26(32)33)28-24(31)34-17-21-8-6-5-7-13-29(21)23(30)20(16-27)15-25(2,3)4/h5-13,15,22,32-33H,14,17H2,1-4H3,(H,28,31). The number of hydrogen-bond acceptors (Lipinski definition) is 6. The molecule has 9 heteroatoms. The zero-order valence-corrected chi connectivity index (χ0v) is 19.9. The van der Waals surface area contributed by atoms with Crippen molar-refractivity contribution in [3.05, 3.63) is 83.2 Å². The number of aryl methyl sites for hydroxylation is 1. The number of rotatable bonds is 7. The van der Waals surface area contributed by atoms with Crippen LogP contribution in [0.5, 0.6) is 0 Å². The van der Waals surface area contributed by atoms with E-state index < -0.39 is 25.1 Å². The molecule has 2 rings (SSSR count). The molecule has 0 fully saturated rings. The molecule has 0 spiro atoms. The molecular formula is C25H30BN3O5. The van der Waals surface area contributed by atoms with Crippen LogP contribution in [0.1, 0.15) is 31.9 Å². The Morgan fingerprint density at radius 3 is 2.47 bits per heavy atom. The third kappa shape index (κ3) is 8.39. The van der Waals surface area contributed by atoms with Gasteiger partial charge in [0.2, 0.25) is 0 Å². The van der Waals surface area contributed by atoms with Crippen LogP contribution in [0.15, 0.2) is 72.1 Å². The summed E-state index contributed by atoms with van der Waals surface area (Å²) in [6.45, 7) is 7.30. The third-order valence-electron chi connectivity index (χ3n) is 4.79. The van der Waals surface area contributed by atoms with E-state index in [-0.39, 0.29) is 24.0 Å². The highest BCUT2D eigenvalue weighted by Gasteiger charge is 2.27. The number of ether oxygens (including phenoxy) is 1. The molecule has 2 amide bonds. The molecule has 1 heterocycles. The molecule has 1 aliphatic rings. The van der Waals surface area contributed by atoms with Crippen molar-refractivity contribution in [3.8, 4) is 6.07 Å². The van der Waals surface area contributed by atoms with Crippen molar-refractivity contribution in [3.63, 3.8) is 0 Å². The van der Waals surface area contributed by atoms with Gasteiger partial charge in [-0.15, -0.1) is 0 Å². The molecule has 1 aromatic carbocycles. The number of hydrogen-bond donors (Lipinski definition) is 3. The Kier molecular flexibility index (Phi) is 9.42. The quantitative estimate of drug-likeness (QED) is 0.325. The highest BCUT2D eigenvalue weighted by atomic mass is 16.5. The van der Waals surface area contributed by atoms with Crippen LogP contribution in [0, 0.1) is 23.7 Å². The van der Waals surface area contributed by atoms with E-state index in [2.05, 4.69) is 5.32 Å². The van der Waals surface area contributed by atoms with Gasteiger partial charge < -0.3 is 20.1 Å². The molecule has 0 saturated carbocycles. The largest absolute Gasteiger partial charge is 0.475 e. The van der Waals surface area contributed by atoms with E-state index in [0.29, 0.717) is 5.70 Å². The molecule has 0 aliphatic carbocycles. The van der Waals surface area contributed by atoms with Crippen LogP contribution in [0.25, 0.3) is 0 Å². The van der Waals surface area contributed by atoms with Crippen LogP contribution in [-0.2, 0) is 16.0 Å². The van der Waals surface area contributed by atoms with Crippen molar-refractivity contribution < 1.29 is 24.4 Å². The molecule has 1 aliphatic heterocycles. The van der Waals surface area contributed by atoms with Gasteiger partial charge in [0.1, 0.15) is 18.2 Å². The molecule has 178 valence electrons. The van der Waals surface area contributed by atoms with Gasteiger partial charge in [-0.2, -0.15) is 5.26 Å². The number of carbonyl (C=O) groups excluding carboxylic acids is 2. The van der Waals surface area contributed by atoms with Crippen molar-refractivity contribution in [2.45, 2.75) is 40.1 Å². The molecule has 0 radical (unpaired) electrons. The number of amides is 2. The zero-order valence-electron chi connectivity index (χ0n) is 19.9. The lowest BCUT2D eigenvalue weighted by Gasteiger charge is -2.23. The van der Waals surface area contributed by atoms with Gasteiger partial charge in [0.25, 0.3) is 5.91 Å². The predicted molar refractivity (Wildman–Crippen MR) is 130 cm³/mol. The fraction of sp³-hybridized carbons (Fsp3) is 0.320. The summed E-state index contributed by atoms with van der Waals surface area (Å²) in [7, 11) is -1.80. The first-order chi connectivity index (χ1) is 16.0. The minimum atomic E-state index is -1.80. The number of nitrogens with one attached hydrogen (secondary N) is 1. The molecule has 3 N–H and O–H groups in total. The Hall–Kier alpha value is -3.61. The summed E-state index contributed by atoms with van der Waals surface area (Å²) in [6.07, 6.45) is 9.01. The Bertz CT molecular complexity index is 1040. The molecule has 0 aromatic heterocycles. The van der Waals surface area contributed by atoms with E-state index in [1.54, 1.807) is 30.4 Å². The third-order valence-corrected chi connectivity index (χ3v) is 4.79. The van der Waals surface area contributed by atoms with Crippen LogP contribution in [0.4, 0.5) is 4.79 Å². The number of nitrogens with zero attached hydrogens (tertiary/aromatic N) is 2. The van der Waals surface area contributed by atoms with Crippen LogP contribution in [-0.4, -0.2) is 46.6 Å². The summed E-state index contributed by atoms with van der Waals surface area (Å²) in [5.74, 6) is -1.54. The molecule has 1 aromatic rings. The summed E-state index contributed by atoms with van der Waals surface area (Å²) in [4.78, 5) is 26.6. The first-order valence-corrected chi connectivity index (χ1v) is 10.9. The lowest BCUT2D eigenvalue weighted by Crippen LogP contribution is -2.48. The Labute approximate surface area is 200 Å². The average Bonchev–Trinajstić information content (AvgIpc) is 3.01. The van der Waals surface area contributed by atoms with Crippen LogP contribution < -0.4 is 5.32 Å². The fourth-order valence-electron chi connectivity index (χ4n) is 3.10. The first-order valence-electron chi connectivity index (χ1n) is 10.9. The minimum Gasteiger partial charge on any atom is -0.443 e. The highest BCUT2D eigenvalue weighted by Crippen LogP contribution is 2.21. The maximum absolute atomic E-state index is 13.0. The summed E-state index contributed by atoms with van der Waals surface area (Å²) in [5.41, 5.74) is 1.80. The molecule has 1 unspecified atom stereocenters. The molecular weight excluding hydrogens is 433 g/mol. The van der Waals surface area contributed by atoms with E-state index in [4.69, 9.17) is 4.74 Å². The van der Waals surface area contributed by atoms with E-state index in [1.165, 1.54) is 11.1 Å². The van der Waals surface area contributed by atoms with E-state index >= 15 is 0 Å². The summed E-state index contributed by atoms with van der Waals surface area (Å²) in [5, 5.41) is 31.3. The average molecular weight is 463 g/mol. The SMILES string of the molecule is Cc1ccc(CC(NC(=O)OCC2=CC=CC=CN2C(=O)C(C#N)=CC(C)(C)C)B(O)O)cc1. The lowest BCUT2D eigenvalue weighted by atomic mass is 9.76. The summed E-state index contributed by atoms with van der Waals surface area (Å²) >= 11 is 0. The van der Waals surface area contributed by atoms with E-state index in [0.717, 1.165) is 11.1 Å². The zero-order chi connectivity index (χ0) is 25.3. The topological polar surface area (TPSA) is 123 Å². The summed E-state index contributed by atoms with van der Waals surface area (Å²) in [6, 6.07) is 9.41. The first kappa shape index (κ1) is 26.6. The van der Waals surface area contributed by atoms with Gasteiger partial charge in [0.05, 0.1) is 11.6 Å². The van der Waals surface area contributed by atoms with E-state index in [1.807, 2.05) is 58.0 Å². The number of benzene rings is 1. The highest BCUT2D eigenvalue weighted by molar-refractivity contribution is 6.43. The van der Waals surface area contributed by atoms with Gasteiger partial charge in [-0.05, 0) is 36.5 Å². The summed E-state index contributed by atoms with van der Waals surface area (Å²) < 4.78 is 5.26. The monoisotopic (exact) mass is 463 g/mol. The van der Waals surface area contributed by atoms with E-state index in [9.17, 15) is 24.9 Å². The van der Waals surface area contributed by atoms with Gasteiger partial charge in [-0.25, -0.2) is 4.79 Å². The molecule has 0 saturated heterocycles. The fourth-order valence-corrected chi connectivity index (χ4v) is 3.10. The molecule has 1 atom stereocenters. The van der Waals surface area contributed by atoms with Gasteiger partial charge in [-0.1, -0.05) is 68.8 Å². The van der Waals surface area contributed by atoms with Crippen molar-refractivity contribution >= 4 is 19.1 Å². The van der Waals surface area contributed by atoms with Gasteiger partial charge in [0.15, 0.2) is 0 Å². The maximum atomic E-state index is 13.0. The Morgan fingerprint density at radius 2 is 1.88 bits per heavy atom. The Balaban J connectivity index is 2.08. The molecule has 8 nitrogen and oxygen atoms in total. The van der Waals surface area contributed by atoms with Crippen molar-refractivity contribution in [2.24, 2.45) is 5.41 Å². The minimum absolute atomic E-state index is 0.0315. The second-order valence-electron chi connectivity index (χ2n) is 9.03. The van der Waals surface area contributed by atoms with Crippen molar-refractivity contribution in [2.75, 3.05) is 6.61 Å². The van der Waals surface area contributed by atoms with Crippen molar-refractivity contribution in [1.29, 1.82) is 5.26 Å². The second-order valence-corrected chi connectivity index (χ2v) is 9.03. The maximum Gasteiger partial charge on any atom is 0.475 e.